The van der Waals surface area contributed by atoms with Crippen LogP contribution in [0.2, 0.25) is 0 Å². The second kappa shape index (κ2) is 4.45. The summed E-state index contributed by atoms with van der Waals surface area (Å²) in [7, 11) is 0. The average molecular weight is 196 g/mol. The zero-order chi connectivity index (χ0) is 9.97. The van der Waals surface area contributed by atoms with Crippen LogP contribution in [0.3, 0.4) is 0 Å². The van der Waals surface area contributed by atoms with Crippen molar-refractivity contribution in [1.29, 1.82) is 0 Å². The molecule has 1 fully saturated rings. The van der Waals surface area contributed by atoms with Crippen molar-refractivity contribution in [2.75, 3.05) is 0 Å². The molecule has 3 unspecified atom stereocenters. The molecule has 0 aromatic rings. The van der Waals surface area contributed by atoms with E-state index >= 15 is 0 Å². The Bertz CT molecular complexity index is 222. The zero-order valence-corrected chi connectivity index (χ0v) is 8.65. The summed E-state index contributed by atoms with van der Waals surface area (Å²) in [5.41, 5.74) is 1.32. The average Bonchev–Trinajstić information content (AvgIpc) is 2.18. The lowest BCUT2D eigenvalue weighted by molar-refractivity contribution is 0.0825. The summed E-state index contributed by atoms with van der Waals surface area (Å²) < 4.78 is 0. The van der Waals surface area contributed by atoms with Gasteiger partial charge in [-0.2, -0.15) is 0 Å². The maximum Gasteiger partial charge on any atom is 0.0723 e. The van der Waals surface area contributed by atoms with Crippen LogP contribution in [0.25, 0.3) is 0 Å². The van der Waals surface area contributed by atoms with Gasteiger partial charge in [-0.05, 0) is 32.1 Å². The predicted octanol–water partition coefficient (Wildman–Crippen LogP) is 2.01. The van der Waals surface area contributed by atoms with Crippen LogP contribution in [0.1, 0.15) is 44.9 Å². The molecule has 0 bridgehead atoms. The van der Waals surface area contributed by atoms with E-state index in [2.05, 4.69) is 0 Å². The summed E-state index contributed by atoms with van der Waals surface area (Å²) in [6, 6.07) is 0. The summed E-state index contributed by atoms with van der Waals surface area (Å²) in [6.45, 7) is 0. The molecule has 0 aliphatic heterocycles. The Hall–Kier alpha value is -0.340. The van der Waals surface area contributed by atoms with Gasteiger partial charge in [-0.1, -0.05) is 24.5 Å². The first kappa shape index (κ1) is 10.2. The van der Waals surface area contributed by atoms with Gasteiger partial charge in [-0.25, -0.2) is 0 Å². The van der Waals surface area contributed by atoms with E-state index in [1.807, 2.05) is 6.08 Å². The van der Waals surface area contributed by atoms with Crippen LogP contribution >= 0.6 is 0 Å². The molecule has 14 heavy (non-hydrogen) atoms. The molecule has 2 aliphatic rings. The maximum atomic E-state index is 9.88. The van der Waals surface area contributed by atoms with Crippen LogP contribution in [-0.4, -0.2) is 22.4 Å². The highest BCUT2D eigenvalue weighted by Crippen LogP contribution is 2.34. The minimum Gasteiger partial charge on any atom is -0.393 e. The molecule has 0 amide bonds. The minimum absolute atomic E-state index is 0.153. The third-order valence-corrected chi connectivity index (χ3v) is 3.58. The SMILES string of the molecule is OC1C=C(C2CCCCC2O)CCC1. The minimum atomic E-state index is -0.257. The van der Waals surface area contributed by atoms with Gasteiger partial charge >= 0.3 is 0 Å². The van der Waals surface area contributed by atoms with Crippen LogP contribution in [-0.2, 0) is 0 Å². The molecule has 2 heteroatoms. The predicted molar refractivity (Wildman–Crippen MR) is 55.9 cm³/mol. The molecule has 0 aromatic heterocycles. The van der Waals surface area contributed by atoms with Gasteiger partial charge in [0, 0.05) is 5.92 Å². The van der Waals surface area contributed by atoms with Crippen molar-refractivity contribution in [3.63, 3.8) is 0 Å². The van der Waals surface area contributed by atoms with Gasteiger partial charge < -0.3 is 10.2 Å². The Kier molecular flexibility index (Phi) is 3.24. The quantitative estimate of drug-likeness (QED) is 0.630. The van der Waals surface area contributed by atoms with Crippen molar-refractivity contribution in [3.8, 4) is 0 Å². The number of hydrogen-bond acceptors (Lipinski definition) is 2. The summed E-state index contributed by atoms with van der Waals surface area (Å²) >= 11 is 0. The number of rotatable bonds is 1. The summed E-state index contributed by atoms with van der Waals surface area (Å²) in [6.07, 6.45) is 9.08. The lowest BCUT2D eigenvalue weighted by Crippen LogP contribution is -2.28. The first-order chi connectivity index (χ1) is 6.77. The van der Waals surface area contributed by atoms with Crippen LogP contribution < -0.4 is 0 Å². The van der Waals surface area contributed by atoms with Gasteiger partial charge in [-0.15, -0.1) is 0 Å². The maximum absolute atomic E-state index is 9.88. The molecule has 3 atom stereocenters. The summed E-state index contributed by atoms with van der Waals surface area (Å²) in [5.74, 6) is 0.346. The van der Waals surface area contributed by atoms with Crippen molar-refractivity contribution in [2.45, 2.75) is 57.2 Å². The highest BCUT2D eigenvalue weighted by Gasteiger charge is 2.27. The molecule has 1 saturated carbocycles. The Morgan fingerprint density at radius 2 is 1.79 bits per heavy atom. The van der Waals surface area contributed by atoms with Crippen molar-refractivity contribution in [2.24, 2.45) is 5.92 Å². The van der Waals surface area contributed by atoms with Crippen LogP contribution in [0.5, 0.6) is 0 Å². The molecule has 0 saturated heterocycles. The van der Waals surface area contributed by atoms with Crippen LogP contribution in [0.15, 0.2) is 11.6 Å². The number of aliphatic hydroxyl groups excluding tert-OH is 2. The van der Waals surface area contributed by atoms with Gasteiger partial charge in [0.25, 0.3) is 0 Å². The third-order valence-electron chi connectivity index (χ3n) is 3.58. The highest BCUT2D eigenvalue weighted by molar-refractivity contribution is 5.14. The van der Waals surface area contributed by atoms with Gasteiger partial charge in [0.1, 0.15) is 0 Å². The van der Waals surface area contributed by atoms with E-state index in [0.717, 1.165) is 38.5 Å². The Labute approximate surface area is 85.6 Å². The fourth-order valence-electron chi connectivity index (χ4n) is 2.78. The Morgan fingerprint density at radius 3 is 2.50 bits per heavy atom. The highest BCUT2D eigenvalue weighted by atomic mass is 16.3. The molecular weight excluding hydrogens is 176 g/mol. The monoisotopic (exact) mass is 196 g/mol. The van der Waals surface area contributed by atoms with E-state index in [9.17, 15) is 10.2 Å². The van der Waals surface area contributed by atoms with Gasteiger partial charge in [-0.3, -0.25) is 0 Å². The van der Waals surface area contributed by atoms with E-state index in [0.29, 0.717) is 5.92 Å². The first-order valence-corrected chi connectivity index (χ1v) is 5.84. The normalized spacial score (nSPS) is 39.3. The third kappa shape index (κ3) is 2.18. The Morgan fingerprint density at radius 1 is 1.00 bits per heavy atom. The largest absolute Gasteiger partial charge is 0.393 e. The molecule has 2 N–H and O–H groups in total. The van der Waals surface area contributed by atoms with Crippen molar-refractivity contribution in [1.82, 2.24) is 0 Å². The molecule has 0 radical (unpaired) electrons. The lowest BCUT2D eigenvalue weighted by atomic mass is 9.77. The van der Waals surface area contributed by atoms with E-state index in [1.54, 1.807) is 0 Å². The topological polar surface area (TPSA) is 40.5 Å². The molecule has 2 nitrogen and oxygen atoms in total. The second-order valence-corrected chi connectivity index (χ2v) is 4.66. The van der Waals surface area contributed by atoms with Gasteiger partial charge in [0.2, 0.25) is 0 Å². The van der Waals surface area contributed by atoms with E-state index in [1.165, 1.54) is 12.0 Å². The zero-order valence-electron chi connectivity index (χ0n) is 8.65. The molecule has 80 valence electrons. The Balaban J connectivity index is 2.04. The van der Waals surface area contributed by atoms with Crippen molar-refractivity contribution >= 4 is 0 Å². The standard InChI is InChI=1S/C12H20O2/c13-10-5-3-4-9(8-10)11-6-1-2-7-12(11)14/h8,10-14H,1-7H2. The molecule has 0 spiro atoms. The van der Waals surface area contributed by atoms with Gasteiger partial charge in [0.15, 0.2) is 0 Å². The number of aliphatic hydroxyl groups is 2. The van der Waals surface area contributed by atoms with Gasteiger partial charge in [0.05, 0.1) is 12.2 Å². The number of hydrogen-bond donors (Lipinski definition) is 2. The smallest absolute Gasteiger partial charge is 0.0723 e. The van der Waals surface area contributed by atoms with Crippen LogP contribution in [0, 0.1) is 5.92 Å². The van der Waals surface area contributed by atoms with E-state index in [-0.39, 0.29) is 12.2 Å². The van der Waals surface area contributed by atoms with E-state index < -0.39 is 0 Å². The second-order valence-electron chi connectivity index (χ2n) is 4.66. The fourth-order valence-corrected chi connectivity index (χ4v) is 2.78. The van der Waals surface area contributed by atoms with Crippen molar-refractivity contribution in [3.05, 3.63) is 11.6 Å². The molecular formula is C12H20O2. The lowest BCUT2D eigenvalue weighted by Gasteiger charge is -2.32. The molecule has 0 aromatic carbocycles. The summed E-state index contributed by atoms with van der Waals surface area (Å²) in [4.78, 5) is 0. The summed E-state index contributed by atoms with van der Waals surface area (Å²) in [5, 5.41) is 19.4. The fraction of sp³-hybridized carbons (Fsp3) is 0.833. The molecule has 0 heterocycles. The molecule has 2 aliphatic carbocycles. The van der Waals surface area contributed by atoms with Crippen LogP contribution in [0.4, 0.5) is 0 Å². The molecule has 2 rings (SSSR count). The van der Waals surface area contributed by atoms with E-state index in [4.69, 9.17) is 0 Å². The van der Waals surface area contributed by atoms with Crippen molar-refractivity contribution < 1.29 is 10.2 Å². The first-order valence-electron chi connectivity index (χ1n) is 5.84.